The molecule has 1 fully saturated rings. The Labute approximate surface area is 139 Å². The van der Waals surface area contributed by atoms with E-state index in [1.807, 2.05) is 4.90 Å². The molecule has 1 unspecified atom stereocenters. The molecule has 0 aromatic heterocycles. The minimum atomic E-state index is 0.154. The van der Waals surface area contributed by atoms with Gasteiger partial charge in [-0.25, -0.2) is 0 Å². The second kappa shape index (κ2) is 7.02. The van der Waals surface area contributed by atoms with Gasteiger partial charge in [0.15, 0.2) is 0 Å². The van der Waals surface area contributed by atoms with E-state index in [4.69, 9.17) is 0 Å². The van der Waals surface area contributed by atoms with Crippen molar-refractivity contribution in [2.45, 2.75) is 39.7 Å². The summed E-state index contributed by atoms with van der Waals surface area (Å²) in [5.41, 5.74) is 3.87. The lowest BCUT2D eigenvalue weighted by Crippen LogP contribution is -2.46. The van der Waals surface area contributed by atoms with E-state index in [-0.39, 0.29) is 5.91 Å². The first-order chi connectivity index (χ1) is 11.1. The molecule has 23 heavy (non-hydrogen) atoms. The van der Waals surface area contributed by atoms with Crippen molar-refractivity contribution in [2.75, 3.05) is 37.6 Å². The Bertz CT molecular complexity index is 564. The summed E-state index contributed by atoms with van der Waals surface area (Å²) in [6.07, 6.45) is 2.15. The van der Waals surface area contributed by atoms with Crippen LogP contribution in [0.2, 0.25) is 0 Å². The van der Waals surface area contributed by atoms with E-state index >= 15 is 0 Å². The molecule has 0 saturated carbocycles. The number of aryl methyl sites for hydroxylation is 1. The van der Waals surface area contributed by atoms with E-state index in [1.54, 1.807) is 6.92 Å². The summed E-state index contributed by atoms with van der Waals surface area (Å²) in [5.74, 6) is 0.736. The third-order valence-electron chi connectivity index (χ3n) is 5.12. The lowest BCUT2D eigenvalue weighted by molar-refractivity contribution is -0.116. The number of rotatable bonds is 3. The van der Waals surface area contributed by atoms with E-state index in [1.165, 1.54) is 11.1 Å². The standard InChI is InChI=1S/C19H29N3O/c1-14(2)19(21-11-8-20-9-12-21)17-6-7-18-16(13-17)5-4-10-22(18)15(3)23/h6-7,13-14,19-20H,4-5,8-12H2,1-3H3. The van der Waals surface area contributed by atoms with E-state index in [2.05, 4.69) is 42.3 Å². The molecule has 1 atom stereocenters. The zero-order valence-electron chi connectivity index (χ0n) is 14.6. The van der Waals surface area contributed by atoms with Crippen LogP contribution in [0.15, 0.2) is 18.2 Å². The second-order valence-electron chi connectivity index (χ2n) is 7.14. The first-order valence-corrected chi connectivity index (χ1v) is 8.93. The molecule has 126 valence electrons. The summed E-state index contributed by atoms with van der Waals surface area (Å²) in [4.78, 5) is 16.4. The van der Waals surface area contributed by atoms with Gasteiger partial charge in [-0.05, 0) is 36.0 Å². The van der Waals surface area contributed by atoms with Crippen LogP contribution in [0.5, 0.6) is 0 Å². The van der Waals surface area contributed by atoms with Crippen LogP contribution < -0.4 is 10.2 Å². The van der Waals surface area contributed by atoms with Gasteiger partial charge in [0.05, 0.1) is 0 Å². The van der Waals surface area contributed by atoms with Crippen LogP contribution in [-0.4, -0.2) is 43.5 Å². The Morgan fingerprint density at radius 1 is 1.17 bits per heavy atom. The largest absolute Gasteiger partial charge is 0.314 e. The number of anilines is 1. The fourth-order valence-corrected chi connectivity index (χ4v) is 4.11. The topological polar surface area (TPSA) is 35.6 Å². The molecule has 1 saturated heterocycles. The van der Waals surface area contributed by atoms with Crippen LogP contribution in [0.25, 0.3) is 0 Å². The number of carbonyl (C=O) groups excluding carboxylic acids is 1. The normalized spacial score (nSPS) is 20.4. The SMILES string of the molecule is CC(=O)N1CCCc2cc(C(C(C)C)N3CCNCC3)ccc21. The summed E-state index contributed by atoms with van der Waals surface area (Å²) < 4.78 is 0. The van der Waals surface area contributed by atoms with Gasteiger partial charge in [-0.1, -0.05) is 26.0 Å². The van der Waals surface area contributed by atoms with E-state index < -0.39 is 0 Å². The van der Waals surface area contributed by atoms with Gasteiger partial charge in [0, 0.05) is 51.4 Å². The van der Waals surface area contributed by atoms with E-state index in [0.29, 0.717) is 12.0 Å². The molecule has 3 rings (SSSR count). The Balaban J connectivity index is 1.91. The number of amides is 1. The van der Waals surface area contributed by atoms with Crippen LogP contribution in [0, 0.1) is 5.92 Å². The summed E-state index contributed by atoms with van der Waals surface area (Å²) in [6, 6.07) is 7.24. The lowest BCUT2D eigenvalue weighted by atomic mass is 9.90. The monoisotopic (exact) mass is 315 g/mol. The third kappa shape index (κ3) is 3.43. The molecule has 1 aromatic carbocycles. The Kier molecular flexibility index (Phi) is 5.02. The molecule has 0 spiro atoms. The van der Waals surface area contributed by atoms with Crippen molar-refractivity contribution in [3.8, 4) is 0 Å². The van der Waals surface area contributed by atoms with E-state index in [0.717, 1.165) is 51.3 Å². The fraction of sp³-hybridized carbons (Fsp3) is 0.632. The number of piperazine rings is 1. The highest BCUT2D eigenvalue weighted by Gasteiger charge is 2.27. The summed E-state index contributed by atoms with van der Waals surface area (Å²) in [6.45, 7) is 11.5. The average Bonchev–Trinajstić information content (AvgIpc) is 2.55. The third-order valence-corrected chi connectivity index (χ3v) is 5.12. The van der Waals surface area contributed by atoms with Gasteiger partial charge >= 0.3 is 0 Å². The first kappa shape index (κ1) is 16.5. The number of nitrogens with zero attached hydrogens (tertiary/aromatic N) is 2. The number of hydrogen-bond donors (Lipinski definition) is 1. The first-order valence-electron chi connectivity index (χ1n) is 8.93. The number of carbonyl (C=O) groups is 1. The van der Waals surface area contributed by atoms with Crippen molar-refractivity contribution in [3.63, 3.8) is 0 Å². The molecule has 4 heteroatoms. The van der Waals surface area contributed by atoms with Gasteiger partial charge in [-0.2, -0.15) is 0 Å². The lowest BCUT2D eigenvalue weighted by Gasteiger charge is -2.38. The fourth-order valence-electron chi connectivity index (χ4n) is 4.11. The van der Waals surface area contributed by atoms with Gasteiger partial charge < -0.3 is 10.2 Å². The quantitative estimate of drug-likeness (QED) is 0.931. The van der Waals surface area contributed by atoms with Crippen LogP contribution in [0.3, 0.4) is 0 Å². The van der Waals surface area contributed by atoms with Crippen LogP contribution in [-0.2, 0) is 11.2 Å². The zero-order valence-corrected chi connectivity index (χ0v) is 14.6. The molecule has 1 aromatic rings. The second-order valence-corrected chi connectivity index (χ2v) is 7.14. The molecule has 1 N–H and O–H groups in total. The summed E-state index contributed by atoms with van der Waals surface area (Å²) in [5, 5.41) is 3.44. The van der Waals surface area contributed by atoms with Gasteiger partial charge in [-0.3, -0.25) is 9.69 Å². The van der Waals surface area contributed by atoms with Gasteiger partial charge in [-0.15, -0.1) is 0 Å². The van der Waals surface area contributed by atoms with Crippen molar-refractivity contribution in [2.24, 2.45) is 5.92 Å². The van der Waals surface area contributed by atoms with Crippen molar-refractivity contribution in [1.82, 2.24) is 10.2 Å². The van der Waals surface area contributed by atoms with E-state index in [9.17, 15) is 4.79 Å². The van der Waals surface area contributed by atoms with Gasteiger partial charge in [0.2, 0.25) is 5.91 Å². The number of hydrogen-bond acceptors (Lipinski definition) is 3. The molecule has 2 aliphatic rings. The minimum Gasteiger partial charge on any atom is -0.314 e. The number of nitrogens with one attached hydrogen (secondary N) is 1. The number of benzene rings is 1. The minimum absolute atomic E-state index is 0.154. The molecular weight excluding hydrogens is 286 g/mol. The van der Waals surface area contributed by atoms with Crippen LogP contribution in [0.1, 0.15) is 44.4 Å². The van der Waals surface area contributed by atoms with Crippen molar-refractivity contribution in [1.29, 1.82) is 0 Å². The summed E-state index contributed by atoms with van der Waals surface area (Å²) in [7, 11) is 0. The van der Waals surface area contributed by atoms with Gasteiger partial charge in [0.1, 0.15) is 0 Å². The molecular formula is C19H29N3O. The Morgan fingerprint density at radius 3 is 2.57 bits per heavy atom. The molecule has 0 radical (unpaired) electrons. The molecule has 1 amide bonds. The molecule has 0 bridgehead atoms. The highest BCUT2D eigenvalue weighted by molar-refractivity contribution is 5.92. The molecule has 4 nitrogen and oxygen atoms in total. The zero-order chi connectivity index (χ0) is 16.4. The maximum atomic E-state index is 11.8. The van der Waals surface area contributed by atoms with Gasteiger partial charge in [0.25, 0.3) is 0 Å². The maximum Gasteiger partial charge on any atom is 0.223 e. The molecule has 2 aliphatic heterocycles. The smallest absolute Gasteiger partial charge is 0.223 e. The van der Waals surface area contributed by atoms with Crippen molar-refractivity contribution < 1.29 is 4.79 Å². The molecule has 2 heterocycles. The van der Waals surface area contributed by atoms with Crippen LogP contribution >= 0.6 is 0 Å². The average molecular weight is 315 g/mol. The maximum absolute atomic E-state index is 11.8. The predicted molar refractivity (Wildman–Crippen MR) is 94.8 cm³/mol. The predicted octanol–water partition coefficient (Wildman–Crippen LogP) is 2.59. The Morgan fingerprint density at radius 2 is 1.91 bits per heavy atom. The van der Waals surface area contributed by atoms with Crippen molar-refractivity contribution >= 4 is 11.6 Å². The summed E-state index contributed by atoms with van der Waals surface area (Å²) >= 11 is 0. The highest BCUT2D eigenvalue weighted by atomic mass is 16.2. The number of fused-ring (bicyclic) bond motifs is 1. The van der Waals surface area contributed by atoms with Crippen molar-refractivity contribution in [3.05, 3.63) is 29.3 Å². The highest BCUT2D eigenvalue weighted by Crippen LogP contribution is 2.34. The van der Waals surface area contributed by atoms with Crippen LogP contribution in [0.4, 0.5) is 5.69 Å². The Hall–Kier alpha value is -1.39. The molecule has 0 aliphatic carbocycles.